The molecule has 30 heavy (non-hydrogen) atoms. The maximum absolute atomic E-state index is 12.8. The zero-order chi connectivity index (χ0) is 22.5. The molecule has 0 aliphatic heterocycles. The number of sulfonamides is 2. The van der Waals surface area contributed by atoms with Gasteiger partial charge in [-0.3, -0.25) is 4.72 Å². The molecule has 0 radical (unpaired) electrons. The zero-order valence-electron chi connectivity index (χ0n) is 16.8. The minimum atomic E-state index is -4.21. The van der Waals surface area contributed by atoms with Gasteiger partial charge in [0, 0.05) is 13.1 Å². The fourth-order valence-corrected chi connectivity index (χ4v) is 5.33. The van der Waals surface area contributed by atoms with Crippen molar-refractivity contribution in [3.63, 3.8) is 0 Å². The lowest BCUT2D eigenvalue weighted by molar-refractivity contribution is 0.0696. The highest BCUT2D eigenvalue weighted by Crippen LogP contribution is 2.31. The molecule has 164 valence electrons. The minimum absolute atomic E-state index is 0.0641. The van der Waals surface area contributed by atoms with Gasteiger partial charge >= 0.3 is 5.97 Å². The average molecular weight is 457 g/mol. The van der Waals surface area contributed by atoms with E-state index in [2.05, 4.69) is 4.72 Å². The monoisotopic (exact) mass is 456 g/mol. The van der Waals surface area contributed by atoms with Crippen LogP contribution >= 0.6 is 0 Å². The molecule has 2 rings (SSSR count). The van der Waals surface area contributed by atoms with Crippen LogP contribution in [0.3, 0.4) is 0 Å². The number of nitrogens with zero attached hydrogens (tertiary/aromatic N) is 1. The second kappa shape index (κ2) is 9.45. The Balaban J connectivity index is 2.54. The summed E-state index contributed by atoms with van der Waals surface area (Å²) in [6.07, 6.45) is 0. The van der Waals surface area contributed by atoms with E-state index in [1.165, 1.54) is 40.7 Å². The highest BCUT2D eigenvalue weighted by molar-refractivity contribution is 7.92. The van der Waals surface area contributed by atoms with Crippen LogP contribution in [0.2, 0.25) is 0 Å². The molecular weight excluding hydrogens is 432 g/mol. The van der Waals surface area contributed by atoms with E-state index >= 15 is 0 Å². The second-order valence-electron chi connectivity index (χ2n) is 6.12. The fraction of sp³-hybridized carbons (Fsp3) is 0.316. The molecule has 0 heterocycles. The molecule has 0 atom stereocenters. The molecule has 0 aromatic heterocycles. The van der Waals surface area contributed by atoms with Crippen molar-refractivity contribution in [2.75, 3.05) is 24.4 Å². The molecule has 2 aromatic rings. The Morgan fingerprint density at radius 3 is 2.23 bits per heavy atom. The summed E-state index contributed by atoms with van der Waals surface area (Å²) in [6.45, 7) is 5.86. The lowest BCUT2D eigenvalue weighted by Gasteiger charge is -2.20. The highest BCUT2D eigenvalue weighted by Gasteiger charge is 2.25. The normalized spacial score (nSPS) is 12.0. The zero-order valence-corrected chi connectivity index (χ0v) is 18.5. The quantitative estimate of drug-likeness (QED) is 0.562. The van der Waals surface area contributed by atoms with Gasteiger partial charge in [-0.15, -0.1) is 0 Å². The van der Waals surface area contributed by atoms with Crippen LogP contribution in [-0.2, 0) is 20.0 Å². The molecule has 2 aromatic carbocycles. The molecule has 0 bridgehead atoms. The third kappa shape index (κ3) is 5.10. The van der Waals surface area contributed by atoms with Gasteiger partial charge < -0.3 is 9.84 Å². The van der Waals surface area contributed by atoms with Gasteiger partial charge in [0.1, 0.15) is 5.75 Å². The van der Waals surface area contributed by atoms with Crippen molar-refractivity contribution in [1.29, 1.82) is 0 Å². The first-order chi connectivity index (χ1) is 14.1. The number of aromatic carboxylic acids is 1. The number of carboxylic acids is 1. The second-order valence-corrected chi connectivity index (χ2v) is 9.74. The Bertz CT molecular complexity index is 1130. The van der Waals surface area contributed by atoms with Gasteiger partial charge in [0.25, 0.3) is 10.0 Å². The fourth-order valence-electron chi connectivity index (χ4n) is 2.74. The first kappa shape index (κ1) is 23.6. The van der Waals surface area contributed by atoms with E-state index in [-0.39, 0.29) is 46.5 Å². The molecule has 0 amide bonds. The molecule has 9 nitrogen and oxygen atoms in total. The standard InChI is InChI=1S/C19H24N2O7S2/c1-4-21(5-2)30(26,27)16-10-11-18(28-6-3)17(13-16)20-29(24,25)15-9-7-8-14(12-15)19(22)23/h7-13,20H,4-6H2,1-3H3,(H,22,23). The summed E-state index contributed by atoms with van der Waals surface area (Å²) in [5.74, 6) is -1.12. The summed E-state index contributed by atoms with van der Waals surface area (Å²) in [5, 5.41) is 9.10. The summed E-state index contributed by atoms with van der Waals surface area (Å²) in [4.78, 5) is 10.8. The van der Waals surface area contributed by atoms with Crippen LogP contribution in [0.25, 0.3) is 0 Å². The third-order valence-corrected chi connectivity index (χ3v) is 7.64. The topological polar surface area (TPSA) is 130 Å². The van der Waals surface area contributed by atoms with Gasteiger partial charge in [0.2, 0.25) is 10.0 Å². The Morgan fingerprint density at radius 2 is 1.67 bits per heavy atom. The van der Waals surface area contributed by atoms with E-state index in [4.69, 9.17) is 9.84 Å². The van der Waals surface area contributed by atoms with Gasteiger partial charge in [0.15, 0.2) is 0 Å². The maximum atomic E-state index is 12.8. The molecule has 11 heteroatoms. The van der Waals surface area contributed by atoms with Crippen LogP contribution in [0.1, 0.15) is 31.1 Å². The minimum Gasteiger partial charge on any atom is -0.492 e. The van der Waals surface area contributed by atoms with Crippen LogP contribution in [0, 0.1) is 0 Å². The van der Waals surface area contributed by atoms with Crippen molar-refractivity contribution in [3.8, 4) is 5.75 Å². The van der Waals surface area contributed by atoms with Crippen LogP contribution in [0.4, 0.5) is 5.69 Å². The third-order valence-electron chi connectivity index (χ3n) is 4.23. The number of carbonyl (C=O) groups is 1. The predicted octanol–water partition coefficient (Wildman–Crippen LogP) is 2.61. The van der Waals surface area contributed by atoms with Crippen molar-refractivity contribution in [3.05, 3.63) is 48.0 Å². The maximum Gasteiger partial charge on any atom is 0.335 e. The molecule has 0 unspecified atom stereocenters. The van der Waals surface area contributed by atoms with Crippen molar-refractivity contribution in [2.24, 2.45) is 0 Å². The summed E-state index contributed by atoms with van der Waals surface area (Å²) >= 11 is 0. The van der Waals surface area contributed by atoms with Gasteiger partial charge in [0.05, 0.1) is 27.6 Å². The van der Waals surface area contributed by atoms with Gasteiger partial charge in [-0.2, -0.15) is 4.31 Å². The van der Waals surface area contributed by atoms with Crippen LogP contribution < -0.4 is 9.46 Å². The number of ether oxygens (including phenoxy) is 1. The number of rotatable bonds is 10. The number of benzene rings is 2. The van der Waals surface area contributed by atoms with Crippen LogP contribution in [0.15, 0.2) is 52.3 Å². The Labute approximate surface area is 176 Å². The summed E-state index contributed by atoms with van der Waals surface area (Å²) in [6, 6.07) is 8.75. The lowest BCUT2D eigenvalue weighted by atomic mass is 10.2. The Hall–Kier alpha value is -2.63. The Morgan fingerprint density at radius 1 is 1.00 bits per heavy atom. The number of carboxylic acid groups (broad SMARTS) is 1. The highest BCUT2D eigenvalue weighted by atomic mass is 32.2. The summed E-state index contributed by atoms with van der Waals surface area (Å²) < 4.78 is 60.3. The van der Waals surface area contributed by atoms with Gasteiger partial charge in [-0.1, -0.05) is 19.9 Å². The summed E-state index contributed by atoms with van der Waals surface area (Å²) in [7, 11) is -8.03. The molecule has 0 aliphatic rings. The van der Waals surface area contributed by atoms with Gasteiger partial charge in [-0.25, -0.2) is 21.6 Å². The molecule has 0 spiro atoms. The van der Waals surface area contributed by atoms with E-state index in [1.54, 1.807) is 20.8 Å². The number of anilines is 1. The smallest absolute Gasteiger partial charge is 0.335 e. The number of hydrogen-bond donors (Lipinski definition) is 2. The van der Waals surface area contributed by atoms with E-state index in [9.17, 15) is 21.6 Å². The molecular formula is C19H24N2O7S2. The average Bonchev–Trinajstić information content (AvgIpc) is 2.70. The molecule has 2 N–H and O–H groups in total. The molecule has 0 fully saturated rings. The largest absolute Gasteiger partial charge is 0.492 e. The molecule has 0 aliphatic carbocycles. The van der Waals surface area contributed by atoms with Crippen molar-refractivity contribution in [1.82, 2.24) is 4.31 Å². The van der Waals surface area contributed by atoms with Gasteiger partial charge in [-0.05, 0) is 43.3 Å². The first-order valence-electron chi connectivity index (χ1n) is 9.20. The molecule has 0 saturated carbocycles. The van der Waals surface area contributed by atoms with Crippen LogP contribution in [-0.4, -0.2) is 51.9 Å². The van der Waals surface area contributed by atoms with Crippen LogP contribution in [0.5, 0.6) is 5.75 Å². The summed E-state index contributed by atoms with van der Waals surface area (Å²) in [5.41, 5.74) is -0.258. The Kier molecular flexibility index (Phi) is 7.45. The van der Waals surface area contributed by atoms with E-state index in [0.29, 0.717) is 0 Å². The SMILES string of the molecule is CCOc1ccc(S(=O)(=O)N(CC)CC)cc1NS(=O)(=O)c1cccc(C(=O)O)c1. The first-order valence-corrected chi connectivity index (χ1v) is 12.1. The van der Waals surface area contributed by atoms with Crippen molar-refractivity contribution < 1.29 is 31.5 Å². The number of nitrogens with one attached hydrogen (secondary N) is 1. The molecule has 0 saturated heterocycles. The lowest BCUT2D eigenvalue weighted by Crippen LogP contribution is -2.30. The van der Waals surface area contributed by atoms with E-state index < -0.39 is 26.0 Å². The van der Waals surface area contributed by atoms with E-state index in [0.717, 1.165) is 6.07 Å². The number of hydrogen-bond acceptors (Lipinski definition) is 6. The predicted molar refractivity (Wildman–Crippen MR) is 112 cm³/mol. The van der Waals surface area contributed by atoms with Crippen molar-refractivity contribution >= 4 is 31.7 Å². The van der Waals surface area contributed by atoms with Crippen molar-refractivity contribution in [2.45, 2.75) is 30.6 Å². The van der Waals surface area contributed by atoms with E-state index in [1.807, 2.05) is 0 Å².